The summed E-state index contributed by atoms with van der Waals surface area (Å²) < 4.78 is 5.20. The van der Waals surface area contributed by atoms with Gasteiger partial charge in [-0.3, -0.25) is 4.79 Å². The summed E-state index contributed by atoms with van der Waals surface area (Å²) in [5, 5.41) is 4.17. The molecule has 2 aromatic heterocycles. The number of rotatable bonds is 4. The summed E-state index contributed by atoms with van der Waals surface area (Å²) in [5.74, 6) is 1.63. The minimum Gasteiger partial charge on any atom is -0.497 e. The molecular weight excluding hydrogens is 348 g/mol. The number of nitrogens with zero attached hydrogens (tertiary/aromatic N) is 3. The maximum absolute atomic E-state index is 12.9. The van der Waals surface area contributed by atoms with Gasteiger partial charge in [-0.05, 0) is 37.3 Å². The first-order valence-electron chi connectivity index (χ1n) is 8.34. The van der Waals surface area contributed by atoms with Crippen molar-refractivity contribution in [3.05, 3.63) is 47.2 Å². The predicted molar refractivity (Wildman–Crippen MR) is 105 cm³/mol. The smallest absolute Gasteiger partial charge is 0.193 e. The highest BCUT2D eigenvalue weighted by Crippen LogP contribution is 2.37. The lowest BCUT2D eigenvalue weighted by Gasteiger charge is -2.18. The fourth-order valence-electron chi connectivity index (χ4n) is 3.02. The zero-order valence-corrected chi connectivity index (χ0v) is 15.3. The molecule has 1 N–H and O–H groups in total. The predicted octanol–water partition coefficient (Wildman–Crippen LogP) is 3.81. The zero-order chi connectivity index (χ0) is 18.1. The number of Topliss-reactive ketones (excluding diaryl/α,β-unsaturated/α-hetero) is 1. The van der Waals surface area contributed by atoms with Gasteiger partial charge in [-0.25, -0.2) is 9.97 Å². The second kappa shape index (κ2) is 6.76. The highest BCUT2D eigenvalue weighted by molar-refractivity contribution is 7.21. The minimum atomic E-state index is 0.0752. The summed E-state index contributed by atoms with van der Waals surface area (Å²) in [6.45, 7) is 3.06. The van der Waals surface area contributed by atoms with Crippen LogP contribution in [-0.4, -0.2) is 36.0 Å². The van der Waals surface area contributed by atoms with Crippen molar-refractivity contribution in [1.82, 2.24) is 9.97 Å². The molecule has 3 heterocycles. The molecule has 6 nitrogen and oxygen atoms in total. The summed E-state index contributed by atoms with van der Waals surface area (Å²) in [6, 6.07) is 7.67. The minimum absolute atomic E-state index is 0.0752. The monoisotopic (exact) mass is 366 g/mol. The number of methoxy groups -OCH3 is 1. The molecule has 0 unspecified atom stereocenters. The summed E-state index contributed by atoms with van der Waals surface area (Å²) in [7, 11) is 1.64. The van der Waals surface area contributed by atoms with E-state index in [0.717, 1.165) is 44.5 Å². The topological polar surface area (TPSA) is 67.3 Å². The van der Waals surface area contributed by atoms with Gasteiger partial charge in [0.15, 0.2) is 5.78 Å². The Morgan fingerprint density at radius 2 is 2.08 bits per heavy atom. The van der Waals surface area contributed by atoms with Crippen molar-refractivity contribution >= 4 is 44.9 Å². The molecule has 0 saturated heterocycles. The number of fused-ring (bicyclic) bond motifs is 3. The molecule has 7 heteroatoms. The van der Waals surface area contributed by atoms with Gasteiger partial charge in [0.25, 0.3) is 0 Å². The molecule has 0 atom stereocenters. The number of ether oxygens (including phenoxy) is 1. The molecule has 4 rings (SSSR count). The van der Waals surface area contributed by atoms with E-state index < -0.39 is 0 Å². The molecule has 132 valence electrons. The molecule has 0 spiro atoms. The Kier molecular flexibility index (Phi) is 4.30. The molecule has 0 fully saturated rings. The molecule has 1 aliphatic heterocycles. The molecule has 0 radical (unpaired) electrons. The van der Waals surface area contributed by atoms with E-state index in [2.05, 4.69) is 15.3 Å². The van der Waals surface area contributed by atoms with E-state index in [1.165, 1.54) is 17.7 Å². The molecular formula is C19H18N4O2S. The molecule has 0 saturated carbocycles. The molecule has 0 aliphatic carbocycles. The van der Waals surface area contributed by atoms with Gasteiger partial charge in [0.2, 0.25) is 0 Å². The standard InChI is InChI=1S/C19H18N4O2S/c1-3-20-18-16-14-8-9-23(12-4-6-13(25-2)7-5-12)10-15(24)17(14)26-19(16)22-11-21-18/h4-9,11H,3,10H2,1-2H3,(H,20,21,22). The SMILES string of the molecule is CCNc1ncnc2sc3c(c12)C=CN(c1ccc(OC)cc1)CC3=O. The Bertz CT molecular complexity index is 995. The summed E-state index contributed by atoms with van der Waals surface area (Å²) >= 11 is 1.43. The van der Waals surface area contributed by atoms with Gasteiger partial charge < -0.3 is 15.0 Å². The molecule has 0 bridgehead atoms. The summed E-state index contributed by atoms with van der Waals surface area (Å²) in [4.78, 5) is 25.1. The van der Waals surface area contributed by atoms with Crippen LogP contribution in [-0.2, 0) is 0 Å². The lowest BCUT2D eigenvalue weighted by molar-refractivity contribution is 0.101. The van der Waals surface area contributed by atoms with Crippen LogP contribution in [0.1, 0.15) is 22.2 Å². The maximum Gasteiger partial charge on any atom is 0.193 e. The number of aromatic nitrogens is 2. The number of nitrogens with one attached hydrogen (secondary N) is 1. The van der Waals surface area contributed by atoms with Crippen molar-refractivity contribution in [2.75, 3.05) is 30.4 Å². The van der Waals surface area contributed by atoms with E-state index in [1.54, 1.807) is 7.11 Å². The average molecular weight is 366 g/mol. The van der Waals surface area contributed by atoms with Crippen LogP contribution >= 0.6 is 11.3 Å². The fraction of sp³-hybridized carbons (Fsp3) is 0.211. The van der Waals surface area contributed by atoms with Crippen LogP contribution in [0.15, 0.2) is 36.8 Å². The lowest BCUT2D eigenvalue weighted by atomic mass is 10.1. The molecule has 1 aromatic carbocycles. The number of ketones is 1. The first-order chi connectivity index (χ1) is 12.7. The fourth-order valence-corrected chi connectivity index (χ4v) is 4.08. The van der Waals surface area contributed by atoms with Crippen LogP contribution < -0.4 is 15.0 Å². The number of carbonyl (C=O) groups excluding carboxylic acids is 1. The van der Waals surface area contributed by atoms with Crippen LogP contribution in [0.5, 0.6) is 5.75 Å². The second-order valence-electron chi connectivity index (χ2n) is 5.84. The van der Waals surface area contributed by atoms with Crippen molar-refractivity contribution in [1.29, 1.82) is 0 Å². The number of thiophene rings is 1. The Hall–Kier alpha value is -2.93. The van der Waals surface area contributed by atoms with Gasteiger partial charge >= 0.3 is 0 Å². The number of anilines is 2. The van der Waals surface area contributed by atoms with Crippen LogP contribution in [0.3, 0.4) is 0 Å². The van der Waals surface area contributed by atoms with Crippen LogP contribution in [0.4, 0.5) is 11.5 Å². The van der Waals surface area contributed by atoms with Gasteiger partial charge in [-0.2, -0.15) is 0 Å². The van der Waals surface area contributed by atoms with Crippen LogP contribution in [0.25, 0.3) is 16.3 Å². The van der Waals surface area contributed by atoms with Crippen molar-refractivity contribution in [2.45, 2.75) is 6.92 Å². The number of hydrogen-bond donors (Lipinski definition) is 1. The normalized spacial score (nSPS) is 13.6. The average Bonchev–Trinajstić information content (AvgIpc) is 2.97. The van der Waals surface area contributed by atoms with Crippen LogP contribution in [0.2, 0.25) is 0 Å². The van der Waals surface area contributed by atoms with E-state index in [0.29, 0.717) is 0 Å². The summed E-state index contributed by atoms with van der Waals surface area (Å²) in [6.07, 6.45) is 5.46. The number of carbonyl (C=O) groups is 1. The Morgan fingerprint density at radius 1 is 1.27 bits per heavy atom. The molecule has 0 amide bonds. The van der Waals surface area contributed by atoms with Gasteiger partial charge in [-0.1, -0.05) is 0 Å². The van der Waals surface area contributed by atoms with Gasteiger partial charge in [0.05, 0.1) is 23.9 Å². The van der Waals surface area contributed by atoms with E-state index in [-0.39, 0.29) is 12.3 Å². The van der Waals surface area contributed by atoms with E-state index in [4.69, 9.17) is 4.74 Å². The third-order valence-electron chi connectivity index (χ3n) is 4.26. The Balaban J connectivity index is 1.77. The van der Waals surface area contributed by atoms with Gasteiger partial charge in [-0.15, -0.1) is 11.3 Å². The molecule has 3 aromatic rings. The lowest BCUT2D eigenvalue weighted by Crippen LogP contribution is -2.22. The van der Waals surface area contributed by atoms with Gasteiger partial charge in [0, 0.05) is 24.0 Å². The van der Waals surface area contributed by atoms with Crippen molar-refractivity contribution in [2.24, 2.45) is 0 Å². The van der Waals surface area contributed by atoms with Gasteiger partial charge in [0.1, 0.15) is 22.7 Å². The highest BCUT2D eigenvalue weighted by atomic mass is 32.1. The second-order valence-corrected chi connectivity index (χ2v) is 6.84. The third-order valence-corrected chi connectivity index (χ3v) is 5.42. The van der Waals surface area contributed by atoms with Crippen molar-refractivity contribution < 1.29 is 9.53 Å². The zero-order valence-electron chi connectivity index (χ0n) is 14.5. The van der Waals surface area contributed by atoms with E-state index in [1.807, 2.05) is 48.4 Å². The Labute approximate surface area is 155 Å². The molecule has 1 aliphatic rings. The summed E-state index contributed by atoms with van der Waals surface area (Å²) in [5.41, 5.74) is 1.83. The number of hydrogen-bond acceptors (Lipinski definition) is 7. The maximum atomic E-state index is 12.9. The van der Waals surface area contributed by atoms with E-state index >= 15 is 0 Å². The van der Waals surface area contributed by atoms with Crippen molar-refractivity contribution in [3.63, 3.8) is 0 Å². The van der Waals surface area contributed by atoms with E-state index in [9.17, 15) is 4.79 Å². The first-order valence-corrected chi connectivity index (χ1v) is 9.16. The largest absolute Gasteiger partial charge is 0.497 e. The third kappa shape index (κ3) is 2.80. The first kappa shape index (κ1) is 16.5. The highest BCUT2D eigenvalue weighted by Gasteiger charge is 2.24. The van der Waals surface area contributed by atoms with Crippen LogP contribution in [0, 0.1) is 0 Å². The van der Waals surface area contributed by atoms with Crippen molar-refractivity contribution in [3.8, 4) is 5.75 Å². The molecule has 26 heavy (non-hydrogen) atoms. The number of benzene rings is 1. The Morgan fingerprint density at radius 3 is 2.81 bits per heavy atom. The quantitative estimate of drug-likeness (QED) is 0.757.